The molecule has 0 saturated heterocycles. The van der Waals surface area contributed by atoms with E-state index in [2.05, 4.69) is 126 Å². The first-order valence-electron chi connectivity index (χ1n) is 16.7. The summed E-state index contributed by atoms with van der Waals surface area (Å²) in [6.45, 7) is 0. The van der Waals surface area contributed by atoms with E-state index < -0.39 is 0 Å². The second-order valence-corrected chi connectivity index (χ2v) is 12.7. The average molecular weight is 659 g/mol. The number of benzene rings is 4. The number of hydrogen-bond acceptors (Lipinski definition) is 5. The third-order valence-corrected chi connectivity index (χ3v) is 9.89. The van der Waals surface area contributed by atoms with E-state index in [1.165, 1.54) is 12.7 Å². The van der Waals surface area contributed by atoms with Crippen molar-refractivity contribution in [2.75, 3.05) is 0 Å². The molecular weight excluding hydrogens is 633 g/mol. The highest BCUT2D eigenvalue weighted by Gasteiger charge is 2.31. The number of fused-ring (bicyclic) bond motifs is 5. The third kappa shape index (κ3) is 4.09. The zero-order chi connectivity index (χ0) is 33.5. The molecule has 7 heterocycles. The number of nitrogens with one attached hydrogen (secondary N) is 3. The van der Waals surface area contributed by atoms with Gasteiger partial charge in [-0.05, 0) is 47.9 Å². The molecule has 0 fully saturated rings. The van der Waals surface area contributed by atoms with Crippen molar-refractivity contribution in [1.29, 1.82) is 0 Å². The standard InChI is InChI=1S/C42H26N8O/c1-3-11-26-25(10-1)21-44-40(26)41-36(28-16-18-50-17-8-7-15-33(28)50)38-34(51-41)20-29(42-45-22-43-23-46-42)35(39-27-12-4-6-14-31(27)48-49-39)37(38)32-19-24-9-2-5-13-30(24)47-32/h1-23,44,47H,(H,48,49). The smallest absolute Gasteiger partial charge is 0.163 e. The zero-order valence-corrected chi connectivity index (χ0v) is 26.9. The van der Waals surface area contributed by atoms with Crippen LogP contribution in [0.25, 0.3) is 106 Å². The summed E-state index contributed by atoms with van der Waals surface area (Å²) in [5.41, 5.74) is 11.0. The van der Waals surface area contributed by atoms with E-state index in [4.69, 9.17) is 9.52 Å². The monoisotopic (exact) mass is 658 g/mol. The summed E-state index contributed by atoms with van der Waals surface area (Å²) in [6.07, 6.45) is 9.27. The SMILES string of the molecule is c1ccc2[nH]c(-c3c(-c4n[nH]c5ccccc45)c(-c4ncncn4)cc4oc(-c5[nH]cc6ccccc56)c(-c5ccn6ccccc56)c34)cc2c1. The zero-order valence-electron chi connectivity index (χ0n) is 26.9. The molecule has 0 bridgehead atoms. The largest absolute Gasteiger partial charge is 0.454 e. The van der Waals surface area contributed by atoms with E-state index in [0.29, 0.717) is 11.4 Å². The highest BCUT2D eigenvalue weighted by Crippen LogP contribution is 2.53. The number of H-pyrrole nitrogens is 3. The summed E-state index contributed by atoms with van der Waals surface area (Å²) in [5, 5.41) is 13.5. The lowest BCUT2D eigenvalue weighted by molar-refractivity contribution is 0.631. The van der Waals surface area contributed by atoms with Gasteiger partial charge in [0.25, 0.3) is 0 Å². The Morgan fingerprint density at radius 3 is 2.31 bits per heavy atom. The average Bonchev–Trinajstić information content (AvgIpc) is 4.02. The minimum atomic E-state index is 0.519. The molecule has 0 saturated carbocycles. The first-order chi connectivity index (χ1) is 25.3. The fourth-order valence-electron chi connectivity index (χ4n) is 7.66. The number of para-hydroxylation sites is 2. The van der Waals surface area contributed by atoms with Gasteiger partial charge in [0.15, 0.2) is 11.6 Å². The quantitative estimate of drug-likeness (QED) is 0.170. The Hall–Kier alpha value is -7.26. The van der Waals surface area contributed by atoms with E-state index in [-0.39, 0.29) is 0 Å². The number of aromatic nitrogens is 8. The Morgan fingerprint density at radius 2 is 1.43 bits per heavy atom. The van der Waals surface area contributed by atoms with Crippen molar-refractivity contribution in [3.8, 4) is 56.5 Å². The Kier molecular flexibility index (Phi) is 5.76. The maximum Gasteiger partial charge on any atom is 0.163 e. The second kappa shape index (κ2) is 10.6. The molecule has 0 aliphatic carbocycles. The number of aromatic amines is 3. The molecule has 0 atom stereocenters. The molecule has 11 rings (SSSR count). The van der Waals surface area contributed by atoms with Crippen LogP contribution in [0.15, 0.2) is 145 Å². The molecule has 51 heavy (non-hydrogen) atoms. The van der Waals surface area contributed by atoms with Crippen LogP contribution in [-0.2, 0) is 0 Å². The fourth-order valence-corrected chi connectivity index (χ4v) is 7.66. The maximum absolute atomic E-state index is 7.13. The summed E-state index contributed by atoms with van der Waals surface area (Å²) in [4.78, 5) is 20.8. The van der Waals surface area contributed by atoms with Crippen molar-refractivity contribution in [1.82, 2.24) is 39.5 Å². The Labute approximate surface area is 289 Å². The molecule has 0 radical (unpaired) electrons. The summed E-state index contributed by atoms with van der Waals surface area (Å²) < 4.78 is 9.28. The minimum Gasteiger partial charge on any atom is -0.454 e. The van der Waals surface area contributed by atoms with Crippen molar-refractivity contribution in [2.24, 2.45) is 0 Å². The van der Waals surface area contributed by atoms with E-state index >= 15 is 0 Å². The van der Waals surface area contributed by atoms with Gasteiger partial charge in [-0.3, -0.25) is 5.10 Å². The van der Waals surface area contributed by atoms with Crippen LogP contribution in [-0.4, -0.2) is 39.5 Å². The van der Waals surface area contributed by atoms with Gasteiger partial charge in [0.05, 0.1) is 16.7 Å². The molecule has 11 aromatic rings. The number of rotatable bonds is 5. The minimum absolute atomic E-state index is 0.519. The first-order valence-corrected chi connectivity index (χ1v) is 16.7. The molecular formula is C42H26N8O. The highest BCUT2D eigenvalue weighted by molar-refractivity contribution is 6.19. The molecule has 0 unspecified atom stereocenters. The van der Waals surface area contributed by atoms with Crippen molar-refractivity contribution < 1.29 is 4.42 Å². The van der Waals surface area contributed by atoms with Crippen LogP contribution in [0.4, 0.5) is 0 Å². The predicted molar refractivity (Wildman–Crippen MR) is 201 cm³/mol. The van der Waals surface area contributed by atoms with Gasteiger partial charge in [-0.1, -0.05) is 66.7 Å². The molecule has 0 aliphatic rings. The van der Waals surface area contributed by atoms with E-state index in [1.54, 1.807) is 0 Å². The third-order valence-electron chi connectivity index (χ3n) is 9.89. The molecule has 9 heteroatoms. The van der Waals surface area contributed by atoms with Gasteiger partial charge in [0, 0.05) is 79.2 Å². The van der Waals surface area contributed by atoms with Gasteiger partial charge < -0.3 is 18.8 Å². The Morgan fingerprint density at radius 1 is 0.647 bits per heavy atom. The lowest BCUT2D eigenvalue weighted by Gasteiger charge is -2.15. The molecule has 240 valence electrons. The molecule has 7 aromatic heterocycles. The van der Waals surface area contributed by atoms with Crippen molar-refractivity contribution in [3.63, 3.8) is 0 Å². The normalized spacial score (nSPS) is 11.9. The van der Waals surface area contributed by atoms with Gasteiger partial charge in [0.1, 0.15) is 23.9 Å². The van der Waals surface area contributed by atoms with E-state index in [0.717, 1.165) is 94.1 Å². The highest BCUT2D eigenvalue weighted by atomic mass is 16.3. The number of nitrogens with zero attached hydrogens (tertiary/aromatic N) is 5. The number of pyridine rings is 1. The molecule has 0 amide bonds. The van der Waals surface area contributed by atoms with E-state index in [9.17, 15) is 0 Å². The number of hydrogen-bond donors (Lipinski definition) is 3. The Bertz CT molecular complexity index is 3070. The topological polar surface area (TPSA) is 116 Å². The molecule has 0 spiro atoms. The second-order valence-electron chi connectivity index (χ2n) is 12.7. The van der Waals surface area contributed by atoms with Crippen molar-refractivity contribution >= 4 is 49.1 Å². The molecule has 9 nitrogen and oxygen atoms in total. The van der Waals surface area contributed by atoms with Crippen LogP contribution in [0.5, 0.6) is 0 Å². The summed E-state index contributed by atoms with van der Waals surface area (Å²) in [5.74, 6) is 1.26. The molecule has 3 N–H and O–H groups in total. The van der Waals surface area contributed by atoms with Crippen LogP contribution in [0.2, 0.25) is 0 Å². The van der Waals surface area contributed by atoms with Crippen LogP contribution < -0.4 is 0 Å². The molecule has 0 aliphatic heterocycles. The van der Waals surface area contributed by atoms with Crippen molar-refractivity contribution in [3.05, 3.63) is 140 Å². The maximum atomic E-state index is 7.13. The van der Waals surface area contributed by atoms with Gasteiger partial charge in [-0.25, -0.2) is 15.0 Å². The lowest BCUT2D eigenvalue weighted by Crippen LogP contribution is -1.97. The Balaban J connectivity index is 1.39. The predicted octanol–water partition coefficient (Wildman–Crippen LogP) is 10.0. The van der Waals surface area contributed by atoms with E-state index in [1.807, 2.05) is 36.5 Å². The van der Waals surface area contributed by atoms with Gasteiger partial charge in [0.2, 0.25) is 0 Å². The summed E-state index contributed by atoms with van der Waals surface area (Å²) in [6, 6.07) is 37.6. The fraction of sp³-hybridized carbons (Fsp3) is 0. The van der Waals surface area contributed by atoms with Crippen LogP contribution >= 0.6 is 0 Å². The van der Waals surface area contributed by atoms with Crippen LogP contribution in [0, 0.1) is 0 Å². The lowest BCUT2D eigenvalue weighted by atomic mass is 9.88. The van der Waals surface area contributed by atoms with Gasteiger partial charge in [-0.2, -0.15) is 5.10 Å². The number of furan rings is 1. The van der Waals surface area contributed by atoms with Crippen LogP contribution in [0.3, 0.4) is 0 Å². The van der Waals surface area contributed by atoms with Gasteiger partial charge >= 0.3 is 0 Å². The summed E-state index contributed by atoms with van der Waals surface area (Å²) >= 11 is 0. The van der Waals surface area contributed by atoms with Gasteiger partial charge in [-0.15, -0.1) is 0 Å². The molecule has 4 aromatic carbocycles. The summed E-state index contributed by atoms with van der Waals surface area (Å²) in [7, 11) is 0. The van der Waals surface area contributed by atoms with Crippen LogP contribution in [0.1, 0.15) is 0 Å². The first kappa shape index (κ1) is 27.7. The van der Waals surface area contributed by atoms with Crippen molar-refractivity contribution in [2.45, 2.75) is 0 Å².